The van der Waals surface area contributed by atoms with Crippen molar-refractivity contribution in [2.24, 2.45) is 0 Å². The third kappa shape index (κ3) is 4.59. The van der Waals surface area contributed by atoms with Gasteiger partial charge in [0.05, 0.1) is 22.1 Å². The van der Waals surface area contributed by atoms with E-state index in [0.717, 1.165) is 57.3 Å². The van der Waals surface area contributed by atoms with E-state index < -0.39 is 0 Å². The topological polar surface area (TPSA) is 23.0 Å². The molecule has 3 heteroatoms. The molecule has 3 aromatic heterocycles. The zero-order valence-corrected chi connectivity index (χ0v) is 28.1. The summed E-state index contributed by atoms with van der Waals surface area (Å²) in [6, 6.07) is 53.1. The Kier molecular flexibility index (Phi) is 6.62. The van der Waals surface area contributed by atoms with Crippen LogP contribution < -0.4 is 0 Å². The predicted molar refractivity (Wildman–Crippen MR) is 216 cm³/mol. The summed E-state index contributed by atoms with van der Waals surface area (Å²) in [5, 5.41) is 7.21. The Bertz CT molecular complexity index is 2870. The average molecular weight is 655 g/mol. The van der Waals surface area contributed by atoms with Crippen molar-refractivity contribution in [3.05, 3.63) is 182 Å². The molecule has 7 aromatic carbocycles. The molecule has 0 amide bonds. The third-order valence-corrected chi connectivity index (χ3v) is 10.4. The Balaban J connectivity index is 1.29. The first-order chi connectivity index (χ1) is 25.2. The number of para-hydroxylation sites is 3. The maximum Gasteiger partial charge on any atom is 0.135 e. The van der Waals surface area contributed by atoms with E-state index in [1.165, 1.54) is 54.7 Å². The molecule has 0 saturated heterocycles. The summed E-state index contributed by atoms with van der Waals surface area (Å²) < 4.78 is 11.1. The Morgan fingerprint density at radius 3 is 1.51 bits per heavy atom. The fourth-order valence-corrected chi connectivity index (χ4v) is 8.11. The van der Waals surface area contributed by atoms with Crippen molar-refractivity contribution >= 4 is 65.6 Å². The fourth-order valence-electron chi connectivity index (χ4n) is 8.11. The van der Waals surface area contributed by atoms with Gasteiger partial charge in [0.25, 0.3) is 0 Å². The van der Waals surface area contributed by atoms with Gasteiger partial charge in [0.15, 0.2) is 0 Å². The lowest BCUT2D eigenvalue weighted by Crippen LogP contribution is -2.00. The first kappa shape index (κ1) is 29.3. The molecule has 3 heterocycles. The molecule has 51 heavy (non-hydrogen) atoms. The summed E-state index contributed by atoms with van der Waals surface area (Å²) >= 11 is 0. The van der Waals surface area contributed by atoms with Crippen LogP contribution >= 0.6 is 0 Å². The van der Waals surface area contributed by atoms with Crippen molar-refractivity contribution in [2.75, 3.05) is 0 Å². The summed E-state index contributed by atoms with van der Waals surface area (Å²) in [5.74, 6) is 0. The summed E-state index contributed by atoms with van der Waals surface area (Å²) in [6.07, 6.45) is 5.62. The molecule has 0 radical (unpaired) electrons. The van der Waals surface area contributed by atoms with Gasteiger partial charge in [-0.15, -0.1) is 13.2 Å². The second kappa shape index (κ2) is 11.5. The molecule has 0 aliphatic carbocycles. The van der Waals surface area contributed by atoms with Crippen LogP contribution in [0.1, 0.15) is 11.1 Å². The average Bonchev–Trinajstić information content (AvgIpc) is 3.82. The molecule has 3 nitrogen and oxygen atoms in total. The molecular weight excluding hydrogens is 621 g/mol. The molecule has 0 N–H and O–H groups in total. The van der Waals surface area contributed by atoms with Crippen molar-refractivity contribution in [2.45, 2.75) is 12.8 Å². The number of aromatic nitrogens is 2. The van der Waals surface area contributed by atoms with Crippen molar-refractivity contribution in [1.29, 1.82) is 0 Å². The first-order valence-electron chi connectivity index (χ1n) is 17.5. The molecule has 242 valence electrons. The van der Waals surface area contributed by atoms with Crippen molar-refractivity contribution in [1.82, 2.24) is 9.13 Å². The lowest BCUT2D eigenvalue weighted by Gasteiger charge is -2.16. The van der Waals surface area contributed by atoms with Crippen LogP contribution in [0.5, 0.6) is 0 Å². The Morgan fingerprint density at radius 1 is 0.412 bits per heavy atom. The molecule has 0 saturated carbocycles. The van der Waals surface area contributed by atoms with Crippen LogP contribution in [0, 0.1) is 0 Å². The number of hydrogen-bond acceptors (Lipinski definition) is 1. The molecule has 10 aromatic rings. The van der Waals surface area contributed by atoms with E-state index in [1.54, 1.807) is 0 Å². The maximum atomic E-state index is 6.23. The highest BCUT2D eigenvalue weighted by Gasteiger charge is 2.18. The number of furan rings is 1. The summed E-state index contributed by atoms with van der Waals surface area (Å²) in [5.41, 5.74) is 13.5. The van der Waals surface area contributed by atoms with E-state index in [1.807, 2.05) is 24.3 Å². The quantitative estimate of drug-likeness (QED) is 0.157. The number of nitrogens with zero attached hydrogens (tertiary/aromatic N) is 2. The van der Waals surface area contributed by atoms with Crippen LogP contribution in [0.4, 0.5) is 0 Å². The van der Waals surface area contributed by atoms with E-state index in [2.05, 4.69) is 156 Å². The molecule has 0 unspecified atom stereocenters. The summed E-state index contributed by atoms with van der Waals surface area (Å²) in [7, 11) is 0. The second-order valence-electron chi connectivity index (χ2n) is 13.4. The molecular formula is C48H34N2O. The van der Waals surface area contributed by atoms with Gasteiger partial charge in [-0.05, 0) is 108 Å². The first-order valence-corrected chi connectivity index (χ1v) is 17.5. The van der Waals surface area contributed by atoms with Crippen molar-refractivity contribution < 1.29 is 4.42 Å². The Hall–Kier alpha value is -6.58. The number of benzene rings is 7. The highest BCUT2D eigenvalue weighted by molar-refractivity contribution is 6.11. The lowest BCUT2D eigenvalue weighted by molar-refractivity contribution is 0.669. The Labute approximate surface area is 295 Å². The minimum absolute atomic E-state index is 0.836. The molecule has 0 atom stereocenters. The molecule has 0 bridgehead atoms. The van der Waals surface area contributed by atoms with Gasteiger partial charge in [-0.3, -0.25) is 0 Å². The van der Waals surface area contributed by atoms with E-state index in [-0.39, 0.29) is 0 Å². The van der Waals surface area contributed by atoms with E-state index in [0.29, 0.717) is 0 Å². The molecule has 0 aliphatic heterocycles. The third-order valence-electron chi connectivity index (χ3n) is 10.4. The minimum atomic E-state index is 0.836. The minimum Gasteiger partial charge on any atom is -0.456 e. The standard InChI is InChI=1S/C48H34N2O/c1-3-11-31-19-22-45-40(25-31)37-13-5-8-16-43(37)49(45)35-27-34(33-21-24-48-42(29-33)39-15-7-10-18-47(39)51-48)28-36(30-35)50-44-17-9-6-14-38(44)41-26-32(12-4-2)20-23-46(41)50/h3-10,13-30H,1-2,11-12H2. The van der Waals surface area contributed by atoms with Gasteiger partial charge >= 0.3 is 0 Å². The van der Waals surface area contributed by atoms with Gasteiger partial charge in [-0.2, -0.15) is 0 Å². The van der Waals surface area contributed by atoms with Crippen molar-refractivity contribution in [3.8, 4) is 22.5 Å². The van der Waals surface area contributed by atoms with Crippen LogP contribution in [0.2, 0.25) is 0 Å². The van der Waals surface area contributed by atoms with E-state index in [4.69, 9.17) is 4.42 Å². The van der Waals surface area contributed by atoms with Gasteiger partial charge in [-0.1, -0.05) is 84.9 Å². The van der Waals surface area contributed by atoms with Crippen LogP contribution in [-0.4, -0.2) is 9.13 Å². The van der Waals surface area contributed by atoms with Gasteiger partial charge in [-0.25, -0.2) is 0 Å². The van der Waals surface area contributed by atoms with Crippen LogP contribution in [0.25, 0.3) is 88.1 Å². The lowest BCUT2D eigenvalue weighted by atomic mass is 10.0. The number of rotatable bonds is 7. The predicted octanol–water partition coefficient (Wildman–Crippen LogP) is 12.9. The monoisotopic (exact) mass is 654 g/mol. The van der Waals surface area contributed by atoms with Crippen molar-refractivity contribution in [3.63, 3.8) is 0 Å². The van der Waals surface area contributed by atoms with Gasteiger partial charge in [0, 0.05) is 43.7 Å². The highest BCUT2D eigenvalue weighted by Crippen LogP contribution is 2.39. The number of allylic oxidation sites excluding steroid dienone is 2. The second-order valence-corrected chi connectivity index (χ2v) is 13.4. The van der Waals surface area contributed by atoms with Crippen LogP contribution in [-0.2, 0) is 12.8 Å². The summed E-state index contributed by atoms with van der Waals surface area (Å²) in [4.78, 5) is 0. The van der Waals surface area contributed by atoms with Crippen LogP contribution in [0.3, 0.4) is 0 Å². The largest absolute Gasteiger partial charge is 0.456 e. The zero-order valence-electron chi connectivity index (χ0n) is 28.1. The molecule has 0 aliphatic rings. The normalized spacial score (nSPS) is 11.8. The Morgan fingerprint density at radius 2 is 0.922 bits per heavy atom. The number of hydrogen-bond donors (Lipinski definition) is 0. The highest BCUT2D eigenvalue weighted by atomic mass is 16.3. The smallest absolute Gasteiger partial charge is 0.135 e. The SMILES string of the molecule is C=CCc1ccc2c(c1)c1ccccc1n2-c1cc(-c2ccc3oc4ccccc4c3c2)cc(-n2c3ccccc3c3cc(CC=C)ccc32)c1. The molecule has 0 spiro atoms. The molecule has 10 rings (SSSR count). The molecule has 0 fully saturated rings. The fraction of sp³-hybridized carbons (Fsp3) is 0.0417. The maximum absolute atomic E-state index is 6.23. The van der Waals surface area contributed by atoms with Crippen LogP contribution in [0.15, 0.2) is 175 Å². The van der Waals surface area contributed by atoms with Gasteiger partial charge < -0.3 is 13.6 Å². The summed E-state index contributed by atoms with van der Waals surface area (Å²) in [6.45, 7) is 7.99. The van der Waals surface area contributed by atoms with Gasteiger partial charge in [0.2, 0.25) is 0 Å². The van der Waals surface area contributed by atoms with E-state index >= 15 is 0 Å². The number of fused-ring (bicyclic) bond motifs is 9. The van der Waals surface area contributed by atoms with Gasteiger partial charge in [0.1, 0.15) is 11.2 Å². The zero-order chi connectivity index (χ0) is 34.1. The van der Waals surface area contributed by atoms with E-state index in [9.17, 15) is 0 Å².